The summed E-state index contributed by atoms with van der Waals surface area (Å²) in [5.74, 6) is -6.82. The number of likely N-dealkylation sites (tertiary alicyclic amines) is 1. The van der Waals surface area contributed by atoms with Crippen LogP contribution in [0, 0.1) is 23.4 Å². The molecule has 1 fully saturated rings. The molecule has 1 heterocycles. The van der Waals surface area contributed by atoms with Gasteiger partial charge in [0, 0.05) is 19.7 Å². The van der Waals surface area contributed by atoms with Crippen LogP contribution in [0.15, 0.2) is 6.07 Å². The molecule has 4 nitrogen and oxygen atoms in total. The highest BCUT2D eigenvalue weighted by Gasteiger charge is 2.30. The predicted molar refractivity (Wildman–Crippen MR) is 63.7 cm³/mol. The fraction of sp³-hybridized carbons (Fsp3) is 0.462. The van der Waals surface area contributed by atoms with Gasteiger partial charge >= 0.3 is 0 Å². The van der Waals surface area contributed by atoms with Crippen LogP contribution >= 0.6 is 0 Å². The van der Waals surface area contributed by atoms with Crippen LogP contribution in [-0.2, 0) is 0 Å². The maximum atomic E-state index is 13.6. The molecular formula is C13H14F3NO3. The number of phenolic OH excluding ortho intramolecular Hbond substituents is 1. The second kappa shape index (κ2) is 5.70. The molecule has 0 radical (unpaired) electrons. The summed E-state index contributed by atoms with van der Waals surface area (Å²) in [6.45, 7) is 0.661. The molecule has 0 aromatic heterocycles. The smallest absolute Gasteiger partial charge is 0.257 e. The average molecular weight is 289 g/mol. The Bertz CT molecular complexity index is 536. The number of nitrogens with zero attached hydrogens (tertiary/aromatic N) is 1. The number of aromatic hydroxyl groups is 1. The number of aliphatic hydroxyl groups is 1. The van der Waals surface area contributed by atoms with Gasteiger partial charge in [0.25, 0.3) is 5.91 Å². The third-order valence-corrected chi connectivity index (χ3v) is 3.47. The van der Waals surface area contributed by atoms with E-state index in [0.29, 0.717) is 32.0 Å². The summed E-state index contributed by atoms with van der Waals surface area (Å²) in [5.41, 5.74) is -0.689. The lowest BCUT2D eigenvalue weighted by Crippen LogP contribution is -2.29. The number of carbonyl (C=O) groups excluding carboxylic acids is 1. The van der Waals surface area contributed by atoms with Crippen LogP contribution in [-0.4, -0.2) is 40.7 Å². The van der Waals surface area contributed by atoms with E-state index >= 15 is 0 Å². The van der Waals surface area contributed by atoms with Gasteiger partial charge in [-0.1, -0.05) is 0 Å². The lowest BCUT2D eigenvalue weighted by Gasteiger charge is -2.17. The lowest BCUT2D eigenvalue weighted by molar-refractivity contribution is 0.0778. The SMILES string of the molecule is O=C(c1cc(F)c(F)c(O)c1F)N1CCC(CCO)C1. The zero-order chi connectivity index (χ0) is 14.9. The van der Waals surface area contributed by atoms with Crippen LogP contribution in [0.4, 0.5) is 13.2 Å². The van der Waals surface area contributed by atoms with E-state index in [1.54, 1.807) is 0 Å². The van der Waals surface area contributed by atoms with Gasteiger partial charge in [-0.3, -0.25) is 4.79 Å². The Balaban J connectivity index is 2.23. The molecule has 1 aliphatic heterocycles. The summed E-state index contributed by atoms with van der Waals surface area (Å²) in [5, 5.41) is 17.9. The van der Waals surface area contributed by atoms with E-state index in [-0.39, 0.29) is 12.5 Å². The van der Waals surface area contributed by atoms with Gasteiger partial charge in [0.15, 0.2) is 17.4 Å². The molecule has 1 atom stereocenters. The maximum Gasteiger partial charge on any atom is 0.257 e. The Labute approximate surface area is 113 Å². The zero-order valence-corrected chi connectivity index (χ0v) is 10.6. The van der Waals surface area contributed by atoms with Gasteiger partial charge in [0.1, 0.15) is 0 Å². The standard InChI is InChI=1S/C13H14F3NO3/c14-9-5-8(10(15)12(19)11(9)16)13(20)17-3-1-7(6-17)2-4-18/h5,7,18-19H,1-4,6H2. The molecule has 1 aromatic carbocycles. The predicted octanol–water partition coefficient (Wildman–Crippen LogP) is 1.65. The van der Waals surface area contributed by atoms with Crippen molar-refractivity contribution in [2.75, 3.05) is 19.7 Å². The highest BCUT2D eigenvalue weighted by Crippen LogP contribution is 2.28. The summed E-state index contributed by atoms with van der Waals surface area (Å²) in [4.78, 5) is 13.4. The minimum Gasteiger partial charge on any atom is -0.503 e. The molecule has 0 saturated carbocycles. The molecule has 2 N–H and O–H groups in total. The van der Waals surface area contributed by atoms with Gasteiger partial charge in [0.2, 0.25) is 5.82 Å². The number of amides is 1. The van der Waals surface area contributed by atoms with Crippen LogP contribution in [0.1, 0.15) is 23.2 Å². The van der Waals surface area contributed by atoms with Crippen LogP contribution in [0.2, 0.25) is 0 Å². The summed E-state index contributed by atoms with van der Waals surface area (Å²) in [6, 6.07) is 0.450. The highest BCUT2D eigenvalue weighted by atomic mass is 19.2. The van der Waals surface area contributed by atoms with Crippen LogP contribution in [0.25, 0.3) is 0 Å². The maximum absolute atomic E-state index is 13.6. The fourth-order valence-corrected chi connectivity index (χ4v) is 2.35. The molecule has 2 rings (SSSR count). The molecule has 0 aliphatic carbocycles. The van der Waals surface area contributed by atoms with Gasteiger partial charge in [-0.15, -0.1) is 0 Å². The third kappa shape index (κ3) is 2.58. The van der Waals surface area contributed by atoms with E-state index in [1.165, 1.54) is 4.90 Å². The van der Waals surface area contributed by atoms with Gasteiger partial charge in [-0.2, -0.15) is 4.39 Å². The molecule has 1 saturated heterocycles. The van der Waals surface area contributed by atoms with Crippen molar-refractivity contribution in [1.29, 1.82) is 0 Å². The molecule has 0 spiro atoms. The van der Waals surface area contributed by atoms with Crippen molar-refractivity contribution in [1.82, 2.24) is 4.90 Å². The monoisotopic (exact) mass is 289 g/mol. The normalized spacial score (nSPS) is 18.6. The second-order valence-electron chi connectivity index (χ2n) is 4.80. The molecule has 110 valence electrons. The minimum atomic E-state index is -1.71. The fourth-order valence-electron chi connectivity index (χ4n) is 2.35. The average Bonchev–Trinajstić information content (AvgIpc) is 2.89. The first-order chi connectivity index (χ1) is 9.45. The van der Waals surface area contributed by atoms with E-state index in [1.807, 2.05) is 0 Å². The summed E-state index contributed by atoms with van der Waals surface area (Å²) < 4.78 is 39.8. The number of hydrogen-bond acceptors (Lipinski definition) is 3. The van der Waals surface area contributed by atoms with Crippen molar-refractivity contribution < 1.29 is 28.2 Å². The first kappa shape index (κ1) is 14.6. The Morgan fingerprint density at radius 1 is 1.35 bits per heavy atom. The topological polar surface area (TPSA) is 60.8 Å². The van der Waals surface area contributed by atoms with Crippen molar-refractivity contribution in [2.45, 2.75) is 12.8 Å². The van der Waals surface area contributed by atoms with Crippen molar-refractivity contribution in [3.05, 3.63) is 29.1 Å². The molecule has 1 aromatic rings. The number of rotatable bonds is 3. The Morgan fingerprint density at radius 3 is 2.70 bits per heavy atom. The van der Waals surface area contributed by atoms with E-state index in [9.17, 15) is 18.0 Å². The van der Waals surface area contributed by atoms with Gasteiger partial charge in [0.05, 0.1) is 5.56 Å². The largest absolute Gasteiger partial charge is 0.503 e. The van der Waals surface area contributed by atoms with E-state index in [0.717, 1.165) is 0 Å². The first-order valence-corrected chi connectivity index (χ1v) is 6.22. The minimum absolute atomic E-state index is 0.00692. The first-order valence-electron chi connectivity index (χ1n) is 6.22. The number of benzene rings is 1. The molecule has 0 bridgehead atoms. The zero-order valence-electron chi connectivity index (χ0n) is 10.6. The lowest BCUT2D eigenvalue weighted by atomic mass is 10.1. The molecule has 20 heavy (non-hydrogen) atoms. The van der Waals surface area contributed by atoms with Crippen molar-refractivity contribution in [3.63, 3.8) is 0 Å². The highest BCUT2D eigenvalue weighted by molar-refractivity contribution is 5.95. The van der Waals surface area contributed by atoms with Crippen LogP contribution in [0.3, 0.4) is 0 Å². The molecule has 7 heteroatoms. The molecular weight excluding hydrogens is 275 g/mol. The molecule has 1 amide bonds. The van der Waals surface area contributed by atoms with Gasteiger partial charge in [-0.25, -0.2) is 8.78 Å². The van der Waals surface area contributed by atoms with E-state index in [2.05, 4.69) is 0 Å². The summed E-state index contributed by atoms with van der Waals surface area (Å²) >= 11 is 0. The number of hydrogen-bond donors (Lipinski definition) is 2. The molecule has 1 aliphatic rings. The van der Waals surface area contributed by atoms with E-state index in [4.69, 9.17) is 10.2 Å². The quantitative estimate of drug-likeness (QED) is 0.832. The van der Waals surface area contributed by atoms with Gasteiger partial charge < -0.3 is 15.1 Å². The van der Waals surface area contributed by atoms with Crippen molar-refractivity contribution >= 4 is 5.91 Å². The molecule has 1 unspecified atom stereocenters. The van der Waals surface area contributed by atoms with Crippen LogP contribution < -0.4 is 0 Å². The Morgan fingerprint density at radius 2 is 2.05 bits per heavy atom. The Kier molecular flexibility index (Phi) is 4.17. The number of aliphatic hydroxyl groups excluding tert-OH is 1. The second-order valence-corrected chi connectivity index (χ2v) is 4.80. The van der Waals surface area contributed by atoms with Gasteiger partial charge in [-0.05, 0) is 24.8 Å². The number of carbonyl (C=O) groups is 1. The summed E-state index contributed by atoms with van der Waals surface area (Å²) in [7, 11) is 0. The Hall–Kier alpha value is -1.76. The van der Waals surface area contributed by atoms with Crippen LogP contribution in [0.5, 0.6) is 5.75 Å². The summed E-state index contributed by atoms with van der Waals surface area (Å²) in [6.07, 6.45) is 1.18. The van der Waals surface area contributed by atoms with Crippen molar-refractivity contribution in [2.24, 2.45) is 5.92 Å². The number of halogens is 3. The third-order valence-electron chi connectivity index (χ3n) is 3.47. The van der Waals surface area contributed by atoms with Crippen molar-refractivity contribution in [3.8, 4) is 5.75 Å². The number of phenols is 1. The van der Waals surface area contributed by atoms with E-state index < -0.39 is 34.7 Å².